The molecular formula is C21H18N2. The van der Waals surface area contributed by atoms with Gasteiger partial charge in [0.1, 0.15) is 0 Å². The second-order valence-corrected chi connectivity index (χ2v) is 5.80. The molecule has 23 heavy (non-hydrogen) atoms. The molecule has 0 aliphatic carbocycles. The van der Waals surface area contributed by atoms with Gasteiger partial charge in [0.05, 0.1) is 17.4 Å². The lowest BCUT2D eigenvalue weighted by atomic mass is 10.1. The lowest BCUT2D eigenvalue weighted by Gasteiger charge is -2.12. The summed E-state index contributed by atoms with van der Waals surface area (Å²) in [6, 6.07) is 23.3. The molecule has 2 aromatic heterocycles. The molecule has 0 amide bonds. The molecule has 0 saturated heterocycles. The number of nitrogens with zero attached hydrogens (tertiary/aromatic N) is 2. The van der Waals surface area contributed by atoms with Crippen LogP contribution < -0.4 is 0 Å². The van der Waals surface area contributed by atoms with Crippen molar-refractivity contribution >= 4 is 10.9 Å². The van der Waals surface area contributed by atoms with Crippen molar-refractivity contribution in [1.82, 2.24) is 9.55 Å². The first kappa shape index (κ1) is 13.8. The normalized spacial score (nSPS) is 11.0. The van der Waals surface area contributed by atoms with E-state index in [2.05, 4.69) is 83.2 Å². The Hall–Kier alpha value is -2.87. The van der Waals surface area contributed by atoms with Crippen molar-refractivity contribution in [1.29, 1.82) is 0 Å². The minimum atomic E-state index is 0.848. The monoisotopic (exact) mass is 298 g/mol. The van der Waals surface area contributed by atoms with E-state index in [0.29, 0.717) is 0 Å². The number of pyridine rings is 1. The van der Waals surface area contributed by atoms with Crippen LogP contribution in [-0.4, -0.2) is 9.55 Å². The van der Waals surface area contributed by atoms with Crippen LogP contribution in [0.3, 0.4) is 0 Å². The van der Waals surface area contributed by atoms with E-state index in [-0.39, 0.29) is 0 Å². The van der Waals surface area contributed by atoms with Crippen LogP contribution in [0.1, 0.15) is 11.1 Å². The van der Waals surface area contributed by atoms with Crippen molar-refractivity contribution < 1.29 is 0 Å². The smallest absolute Gasteiger partial charge is 0.0677 e. The molecule has 0 spiro atoms. The fraction of sp³-hybridized carbons (Fsp3) is 0.0952. The van der Waals surface area contributed by atoms with E-state index >= 15 is 0 Å². The summed E-state index contributed by atoms with van der Waals surface area (Å²) in [7, 11) is 0. The van der Waals surface area contributed by atoms with E-state index in [1.165, 1.54) is 33.3 Å². The van der Waals surface area contributed by atoms with Crippen molar-refractivity contribution in [2.75, 3.05) is 0 Å². The first-order chi connectivity index (χ1) is 11.3. The van der Waals surface area contributed by atoms with Crippen LogP contribution in [0, 0.1) is 6.92 Å². The molecule has 0 aliphatic rings. The highest BCUT2D eigenvalue weighted by molar-refractivity contribution is 5.91. The fourth-order valence-corrected chi connectivity index (χ4v) is 3.27. The van der Waals surface area contributed by atoms with Crippen molar-refractivity contribution in [3.05, 3.63) is 90.3 Å². The zero-order valence-corrected chi connectivity index (χ0v) is 13.1. The third kappa shape index (κ3) is 2.42. The largest absolute Gasteiger partial charge is 0.335 e. The predicted octanol–water partition coefficient (Wildman–Crippen LogP) is 5.06. The maximum absolute atomic E-state index is 4.34. The van der Waals surface area contributed by atoms with Crippen molar-refractivity contribution in [3.8, 4) is 11.3 Å². The third-order valence-corrected chi connectivity index (χ3v) is 4.35. The molecule has 4 rings (SSSR count). The Kier molecular flexibility index (Phi) is 3.43. The van der Waals surface area contributed by atoms with Gasteiger partial charge >= 0.3 is 0 Å². The molecule has 2 heteroatoms. The van der Waals surface area contributed by atoms with Crippen LogP contribution in [0.2, 0.25) is 0 Å². The first-order valence-corrected chi connectivity index (χ1v) is 7.87. The second kappa shape index (κ2) is 5.73. The van der Waals surface area contributed by atoms with E-state index in [9.17, 15) is 0 Å². The van der Waals surface area contributed by atoms with E-state index < -0.39 is 0 Å². The van der Waals surface area contributed by atoms with Gasteiger partial charge in [-0.05, 0) is 29.7 Å². The zero-order chi connectivity index (χ0) is 15.6. The summed E-state index contributed by atoms with van der Waals surface area (Å²) in [4.78, 5) is 4.34. The highest BCUT2D eigenvalue weighted by Gasteiger charge is 2.15. The van der Waals surface area contributed by atoms with Gasteiger partial charge in [-0.15, -0.1) is 0 Å². The Labute approximate surface area is 136 Å². The van der Waals surface area contributed by atoms with Crippen LogP contribution in [0.5, 0.6) is 0 Å². The van der Waals surface area contributed by atoms with E-state index in [1.54, 1.807) is 0 Å². The van der Waals surface area contributed by atoms with Gasteiger partial charge in [-0.25, -0.2) is 0 Å². The maximum atomic E-state index is 4.34. The van der Waals surface area contributed by atoms with Gasteiger partial charge in [0.2, 0.25) is 0 Å². The van der Waals surface area contributed by atoms with Crippen molar-refractivity contribution in [2.45, 2.75) is 13.5 Å². The number of aromatic nitrogens is 2. The molecule has 0 bridgehead atoms. The molecular weight excluding hydrogens is 280 g/mol. The minimum Gasteiger partial charge on any atom is -0.335 e. The van der Waals surface area contributed by atoms with Crippen molar-refractivity contribution in [2.24, 2.45) is 0 Å². The number of fused-ring (bicyclic) bond motifs is 1. The minimum absolute atomic E-state index is 0.848. The van der Waals surface area contributed by atoms with Crippen LogP contribution in [0.4, 0.5) is 0 Å². The molecule has 2 nitrogen and oxygen atoms in total. The van der Waals surface area contributed by atoms with Gasteiger partial charge in [-0.1, -0.05) is 60.7 Å². The highest BCUT2D eigenvalue weighted by Crippen LogP contribution is 2.33. The molecule has 0 fully saturated rings. The average molecular weight is 298 g/mol. The molecule has 0 aliphatic heterocycles. The SMILES string of the molecule is Cc1c(-c2ccccc2)n(Cc2ccccc2)c2cnccc12. The summed E-state index contributed by atoms with van der Waals surface area (Å²) < 4.78 is 2.38. The van der Waals surface area contributed by atoms with Gasteiger partial charge in [-0.3, -0.25) is 4.98 Å². The average Bonchev–Trinajstić information content (AvgIpc) is 2.89. The summed E-state index contributed by atoms with van der Waals surface area (Å²) in [5, 5.41) is 1.27. The summed E-state index contributed by atoms with van der Waals surface area (Å²) in [5.74, 6) is 0. The van der Waals surface area contributed by atoms with Crippen LogP contribution in [0.25, 0.3) is 22.2 Å². The summed E-state index contributed by atoms with van der Waals surface area (Å²) in [6.07, 6.45) is 3.84. The Morgan fingerprint density at radius 1 is 0.870 bits per heavy atom. The third-order valence-electron chi connectivity index (χ3n) is 4.35. The van der Waals surface area contributed by atoms with E-state index in [0.717, 1.165) is 6.54 Å². The van der Waals surface area contributed by atoms with E-state index in [1.807, 2.05) is 12.4 Å². The Bertz CT molecular complexity index is 938. The lowest BCUT2D eigenvalue weighted by Crippen LogP contribution is -2.02. The molecule has 2 aromatic carbocycles. The van der Waals surface area contributed by atoms with Gasteiger partial charge in [0, 0.05) is 18.1 Å². The molecule has 0 unspecified atom stereocenters. The molecule has 0 atom stereocenters. The number of hydrogen-bond acceptors (Lipinski definition) is 1. The Morgan fingerprint density at radius 2 is 1.57 bits per heavy atom. The molecule has 0 N–H and O–H groups in total. The van der Waals surface area contributed by atoms with Crippen molar-refractivity contribution in [3.63, 3.8) is 0 Å². The molecule has 0 radical (unpaired) electrons. The Balaban J connectivity index is 1.97. The summed E-state index contributed by atoms with van der Waals surface area (Å²) >= 11 is 0. The van der Waals surface area contributed by atoms with Gasteiger partial charge in [0.25, 0.3) is 0 Å². The van der Waals surface area contributed by atoms with Gasteiger partial charge in [-0.2, -0.15) is 0 Å². The number of aryl methyl sites for hydroxylation is 1. The quantitative estimate of drug-likeness (QED) is 0.517. The number of benzene rings is 2. The van der Waals surface area contributed by atoms with Crippen LogP contribution >= 0.6 is 0 Å². The second-order valence-electron chi connectivity index (χ2n) is 5.80. The van der Waals surface area contributed by atoms with Crippen LogP contribution in [0.15, 0.2) is 79.1 Å². The highest BCUT2D eigenvalue weighted by atomic mass is 15.0. The molecule has 4 aromatic rings. The summed E-state index contributed by atoms with van der Waals surface area (Å²) in [6.45, 7) is 3.05. The van der Waals surface area contributed by atoms with Gasteiger partial charge in [0.15, 0.2) is 0 Å². The zero-order valence-electron chi connectivity index (χ0n) is 13.1. The summed E-state index contributed by atoms with van der Waals surface area (Å²) in [5.41, 5.74) is 6.32. The molecule has 112 valence electrons. The molecule has 2 heterocycles. The topological polar surface area (TPSA) is 17.8 Å². The standard InChI is InChI=1S/C21H18N2/c1-16-19-12-13-22-14-20(19)23(15-17-8-4-2-5-9-17)21(16)18-10-6-3-7-11-18/h2-14H,15H2,1H3. The van der Waals surface area contributed by atoms with E-state index in [4.69, 9.17) is 0 Å². The number of rotatable bonds is 3. The predicted molar refractivity (Wildman–Crippen MR) is 95.5 cm³/mol. The Morgan fingerprint density at radius 3 is 2.30 bits per heavy atom. The lowest BCUT2D eigenvalue weighted by molar-refractivity contribution is 0.841. The molecule has 0 saturated carbocycles. The first-order valence-electron chi connectivity index (χ1n) is 7.87. The van der Waals surface area contributed by atoms with Gasteiger partial charge < -0.3 is 4.57 Å². The number of hydrogen-bond donors (Lipinski definition) is 0. The maximum Gasteiger partial charge on any atom is 0.0677 e. The van der Waals surface area contributed by atoms with Crippen LogP contribution in [-0.2, 0) is 6.54 Å². The fourth-order valence-electron chi connectivity index (χ4n) is 3.27.